The minimum absolute atomic E-state index is 0.501. The summed E-state index contributed by atoms with van der Waals surface area (Å²) in [5, 5.41) is 0.501. The first kappa shape index (κ1) is 11.9. The van der Waals surface area contributed by atoms with Gasteiger partial charge in [0.05, 0.1) is 20.0 Å². The van der Waals surface area contributed by atoms with Crippen molar-refractivity contribution < 1.29 is 4.42 Å². The first-order valence-electron chi connectivity index (χ1n) is 5.13. The molecule has 1 aliphatic carbocycles. The van der Waals surface area contributed by atoms with Crippen LogP contribution in [-0.2, 0) is 0 Å². The van der Waals surface area contributed by atoms with E-state index in [9.17, 15) is 0 Å². The molecular formula is C11H7BrClIN2O. The van der Waals surface area contributed by atoms with Crippen LogP contribution in [0, 0.1) is 3.57 Å². The minimum atomic E-state index is 0.501. The second-order valence-electron chi connectivity index (χ2n) is 3.91. The molecule has 2 aromatic heterocycles. The Morgan fingerprint density at radius 3 is 2.76 bits per heavy atom. The van der Waals surface area contributed by atoms with Gasteiger partial charge in [-0.05, 0) is 57.4 Å². The lowest BCUT2D eigenvalue weighted by molar-refractivity contribution is 0.575. The van der Waals surface area contributed by atoms with Gasteiger partial charge in [0.25, 0.3) is 0 Å². The molecule has 0 radical (unpaired) electrons. The molecule has 0 unspecified atom stereocenters. The summed E-state index contributed by atoms with van der Waals surface area (Å²) in [6, 6.07) is 1.82. The smallest absolute Gasteiger partial charge is 0.198 e. The zero-order valence-corrected chi connectivity index (χ0v) is 13.1. The van der Waals surface area contributed by atoms with Crippen molar-refractivity contribution in [1.82, 2.24) is 9.97 Å². The first-order chi connectivity index (χ1) is 8.16. The topological polar surface area (TPSA) is 38.9 Å². The highest BCUT2D eigenvalue weighted by atomic mass is 127. The Bertz CT molecular complexity index is 583. The van der Waals surface area contributed by atoms with Gasteiger partial charge >= 0.3 is 0 Å². The fourth-order valence-corrected chi connectivity index (χ4v) is 2.86. The number of rotatable bonds is 2. The molecule has 0 saturated heterocycles. The molecule has 0 atom stereocenters. The number of aromatic nitrogens is 2. The fourth-order valence-electron chi connectivity index (χ4n) is 1.62. The summed E-state index contributed by atoms with van der Waals surface area (Å²) < 4.78 is 7.17. The van der Waals surface area contributed by atoms with E-state index in [1.54, 1.807) is 6.26 Å². The first-order valence-corrected chi connectivity index (χ1v) is 7.38. The van der Waals surface area contributed by atoms with Crippen LogP contribution in [0.15, 0.2) is 21.2 Å². The highest BCUT2D eigenvalue weighted by Crippen LogP contribution is 2.43. The molecule has 1 fully saturated rings. The predicted molar refractivity (Wildman–Crippen MR) is 77.1 cm³/mol. The Labute approximate surface area is 125 Å². The van der Waals surface area contributed by atoms with Crippen LogP contribution < -0.4 is 0 Å². The molecule has 2 aromatic rings. The second-order valence-corrected chi connectivity index (χ2v) is 6.20. The van der Waals surface area contributed by atoms with Crippen LogP contribution in [0.1, 0.15) is 24.5 Å². The molecule has 3 rings (SSSR count). The summed E-state index contributed by atoms with van der Waals surface area (Å²) in [5.74, 6) is 1.72. The van der Waals surface area contributed by atoms with Crippen molar-refractivity contribution in [1.29, 1.82) is 0 Å². The summed E-state index contributed by atoms with van der Waals surface area (Å²) in [4.78, 5) is 8.84. The zero-order valence-electron chi connectivity index (χ0n) is 8.58. The quantitative estimate of drug-likeness (QED) is 0.520. The summed E-state index contributed by atoms with van der Waals surface area (Å²) in [7, 11) is 0. The Kier molecular flexibility index (Phi) is 3.16. The van der Waals surface area contributed by atoms with Gasteiger partial charge in [-0.1, -0.05) is 11.6 Å². The van der Waals surface area contributed by atoms with Crippen LogP contribution in [0.4, 0.5) is 0 Å². The number of hydrogen-bond donors (Lipinski definition) is 0. The maximum Gasteiger partial charge on any atom is 0.198 e. The SMILES string of the molecule is Clc1nc(-c2occc2Br)nc(C2CC2)c1I. The van der Waals surface area contributed by atoms with Crippen LogP contribution in [0.3, 0.4) is 0 Å². The molecule has 1 aliphatic rings. The van der Waals surface area contributed by atoms with Crippen LogP contribution in [0.25, 0.3) is 11.6 Å². The van der Waals surface area contributed by atoms with Gasteiger partial charge in [0, 0.05) is 5.92 Å². The second kappa shape index (κ2) is 4.51. The van der Waals surface area contributed by atoms with Crippen molar-refractivity contribution in [2.45, 2.75) is 18.8 Å². The highest BCUT2D eigenvalue weighted by Gasteiger charge is 2.29. The highest BCUT2D eigenvalue weighted by molar-refractivity contribution is 14.1. The minimum Gasteiger partial charge on any atom is -0.460 e. The Hall–Kier alpha value is -0.140. The third-order valence-corrected chi connectivity index (χ3v) is 4.90. The van der Waals surface area contributed by atoms with Crippen LogP contribution in [-0.4, -0.2) is 9.97 Å². The summed E-state index contributed by atoms with van der Waals surface area (Å²) in [6.45, 7) is 0. The molecule has 0 aliphatic heterocycles. The summed E-state index contributed by atoms with van der Waals surface area (Å²) in [6.07, 6.45) is 3.97. The summed E-state index contributed by atoms with van der Waals surface area (Å²) >= 11 is 11.8. The van der Waals surface area contributed by atoms with Crippen LogP contribution >= 0.6 is 50.1 Å². The molecule has 1 saturated carbocycles. The lowest BCUT2D eigenvalue weighted by atomic mass is 10.3. The van der Waals surface area contributed by atoms with Crippen molar-refractivity contribution in [2.24, 2.45) is 0 Å². The largest absolute Gasteiger partial charge is 0.460 e. The molecule has 2 heterocycles. The Morgan fingerprint density at radius 2 is 2.18 bits per heavy atom. The molecule has 0 spiro atoms. The number of halogens is 3. The molecule has 3 nitrogen and oxygen atoms in total. The van der Waals surface area contributed by atoms with E-state index in [4.69, 9.17) is 16.0 Å². The zero-order chi connectivity index (χ0) is 12.0. The van der Waals surface area contributed by atoms with E-state index in [0.29, 0.717) is 22.7 Å². The van der Waals surface area contributed by atoms with Gasteiger partial charge in [-0.2, -0.15) is 0 Å². The van der Waals surface area contributed by atoms with Crippen molar-refractivity contribution in [3.05, 3.63) is 31.2 Å². The van der Waals surface area contributed by atoms with Crippen LogP contribution in [0.5, 0.6) is 0 Å². The van der Waals surface area contributed by atoms with E-state index >= 15 is 0 Å². The van der Waals surface area contributed by atoms with Gasteiger partial charge in [-0.25, -0.2) is 9.97 Å². The predicted octanol–water partition coefficient (Wildman–Crippen LogP) is 4.63. The monoisotopic (exact) mass is 424 g/mol. The van der Waals surface area contributed by atoms with E-state index in [1.807, 2.05) is 6.07 Å². The average Bonchev–Trinajstić information content (AvgIpc) is 3.05. The lowest BCUT2D eigenvalue weighted by Crippen LogP contribution is -1.99. The van der Waals surface area contributed by atoms with Gasteiger partial charge in [0.15, 0.2) is 11.6 Å². The van der Waals surface area contributed by atoms with Gasteiger partial charge in [-0.3, -0.25) is 0 Å². The lowest BCUT2D eigenvalue weighted by Gasteiger charge is -2.06. The van der Waals surface area contributed by atoms with Crippen molar-refractivity contribution in [3.8, 4) is 11.6 Å². The fraction of sp³-hybridized carbons (Fsp3) is 0.273. The van der Waals surface area contributed by atoms with E-state index in [0.717, 1.165) is 13.7 Å². The molecule has 0 bridgehead atoms. The molecule has 0 N–H and O–H groups in total. The van der Waals surface area contributed by atoms with Crippen molar-refractivity contribution in [3.63, 3.8) is 0 Å². The molecule has 0 aromatic carbocycles. The van der Waals surface area contributed by atoms with E-state index in [1.165, 1.54) is 12.8 Å². The van der Waals surface area contributed by atoms with E-state index in [2.05, 4.69) is 48.5 Å². The number of nitrogens with zero attached hydrogens (tertiary/aromatic N) is 2. The van der Waals surface area contributed by atoms with Crippen molar-refractivity contribution >= 4 is 50.1 Å². The standard InChI is InChI=1S/C11H7BrClIN2O/c12-6-3-4-17-9(6)11-15-8(5-1-2-5)7(14)10(13)16-11/h3-5H,1-2H2. The van der Waals surface area contributed by atoms with Gasteiger partial charge < -0.3 is 4.42 Å². The van der Waals surface area contributed by atoms with Crippen LogP contribution in [0.2, 0.25) is 5.15 Å². The normalized spacial score (nSPS) is 15.2. The van der Waals surface area contributed by atoms with Gasteiger partial charge in [0.1, 0.15) is 5.15 Å². The maximum absolute atomic E-state index is 6.14. The molecule has 88 valence electrons. The number of furan rings is 1. The number of hydrogen-bond acceptors (Lipinski definition) is 3. The third kappa shape index (κ3) is 2.24. The van der Waals surface area contributed by atoms with Gasteiger partial charge in [-0.15, -0.1) is 0 Å². The van der Waals surface area contributed by atoms with E-state index < -0.39 is 0 Å². The van der Waals surface area contributed by atoms with E-state index in [-0.39, 0.29) is 0 Å². The maximum atomic E-state index is 6.14. The molecule has 0 amide bonds. The Balaban J connectivity index is 2.15. The molecule has 6 heteroatoms. The third-order valence-electron chi connectivity index (χ3n) is 2.62. The Morgan fingerprint density at radius 1 is 1.41 bits per heavy atom. The molecule has 17 heavy (non-hydrogen) atoms. The van der Waals surface area contributed by atoms with Crippen molar-refractivity contribution in [2.75, 3.05) is 0 Å². The van der Waals surface area contributed by atoms with Gasteiger partial charge in [0.2, 0.25) is 0 Å². The average molecular weight is 425 g/mol. The summed E-state index contributed by atoms with van der Waals surface area (Å²) in [5.41, 5.74) is 1.05. The molecular weight excluding hydrogens is 418 g/mol.